The molecule has 1 aromatic heterocycles. The minimum absolute atomic E-state index is 0.126. The smallest absolute Gasteiger partial charge is 0.276 e. The van der Waals surface area contributed by atoms with Gasteiger partial charge in [0.2, 0.25) is 5.91 Å². The molecule has 7 nitrogen and oxygen atoms in total. The SMILES string of the molecule is CCN1CCN(C(=O)C2CCCN(C(=O)c3cc(-c4ccc(C)cc4)on3)C2)CC1. The van der Waals surface area contributed by atoms with Crippen molar-refractivity contribution in [2.24, 2.45) is 5.92 Å². The minimum atomic E-state index is -0.162. The molecule has 2 aromatic rings. The maximum atomic E-state index is 13.0. The van der Waals surface area contributed by atoms with Crippen LogP contribution >= 0.6 is 0 Å². The summed E-state index contributed by atoms with van der Waals surface area (Å²) in [6.07, 6.45) is 1.67. The summed E-state index contributed by atoms with van der Waals surface area (Å²) >= 11 is 0. The first-order chi connectivity index (χ1) is 14.5. The third-order valence-electron chi connectivity index (χ3n) is 6.25. The summed E-state index contributed by atoms with van der Waals surface area (Å²) in [4.78, 5) is 32.1. The van der Waals surface area contributed by atoms with Gasteiger partial charge in [-0.3, -0.25) is 9.59 Å². The minimum Gasteiger partial charge on any atom is -0.355 e. The zero-order valence-electron chi connectivity index (χ0n) is 17.8. The highest BCUT2D eigenvalue weighted by molar-refractivity contribution is 5.93. The fraction of sp³-hybridized carbons (Fsp3) is 0.522. The van der Waals surface area contributed by atoms with Crippen LogP contribution in [0.1, 0.15) is 35.8 Å². The lowest BCUT2D eigenvalue weighted by atomic mass is 9.96. The quantitative estimate of drug-likeness (QED) is 0.775. The van der Waals surface area contributed by atoms with E-state index in [1.807, 2.05) is 36.1 Å². The molecule has 160 valence electrons. The van der Waals surface area contributed by atoms with E-state index in [2.05, 4.69) is 17.0 Å². The Labute approximate surface area is 177 Å². The number of hydrogen-bond donors (Lipinski definition) is 0. The largest absolute Gasteiger partial charge is 0.355 e. The first-order valence-corrected chi connectivity index (χ1v) is 10.9. The van der Waals surface area contributed by atoms with Crippen LogP contribution in [0.25, 0.3) is 11.3 Å². The molecule has 2 amide bonds. The highest BCUT2D eigenvalue weighted by Gasteiger charge is 2.33. The Morgan fingerprint density at radius 3 is 2.50 bits per heavy atom. The van der Waals surface area contributed by atoms with Crippen molar-refractivity contribution in [3.05, 3.63) is 41.6 Å². The Morgan fingerprint density at radius 1 is 1.07 bits per heavy atom. The van der Waals surface area contributed by atoms with Crippen molar-refractivity contribution < 1.29 is 14.1 Å². The lowest BCUT2D eigenvalue weighted by Gasteiger charge is -2.38. The molecule has 0 aliphatic carbocycles. The van der Waals surface area contributed by atoms with Crippen LogP contribution in [-0.4, -0.2) is 77.5 Å². The average molecular weight is 411 g/mol. The van der Waals surface area contributed by atoms with Gasteiger partial charge in [0.25, 0.3) is 5.91 Å². The van der Waals surface area contributed by atoms with E-state index in [0.29, 0.717) is 24.5 Å². The summed E-state index contributed by atoms with van der Waals surface area (Å²) in [5.74, 6) is 0.477. The molecule has 2 aliphatic heterocycles. The van der Waals surface area contributed by atoms with E-state index in [1.165, 1.54) is 0 Å². The number of aromatic nitrogens is 1. The zero-order valence-corrected chi connectivity index (χ0v) is 17.8. The van der Waals surface area contributed by atoms with Crippen LogP contribution < -0.4 is 0 Å². The molecule has 30 heavy (non-hydrogen) atoms. The molecule has 2 fully saturated rings. The molecule has 0 saturated carbocycles. The van der Waals surface area contributed by atoms with Crippen molar-refractivity contribution in [3.8, 4) is 11.3 Å². The molecule has 3 heterocycles. The molecular weight excluding hydrogens is 380 g/mol. The molecule has 1 unspecified atom stereocenters. The Bertz CT molecular complexity index is 884. The predicted molar refractivity (Wildman–Crippen MR) is 114 cm³/mol. The van der Waals surface area contributed by atoms with Gasteiger partial charge in [-0.15, -0.1) is 0 Å². The second-order valence-corrected chi connectivity index (χ2v) is 8.29. The normalized spacial score (nSPS) is 20.4. The average Bonchev–Trinajstić information content (AvgIpc) is 3.29. The van der Waals surface area contributed by atoms with Crippen molar-refractivity contribution in [2.45, 2.75) is 26.7 Å². The fourth-order valence-corrected chi connectivity index (χ4v) is 4.30. The molecule has 0 N–H and O–H groups in total. The number of carbonyl (C=O) groups is 2. The number of piperidine rings is 1. The Balaban J connectivity index is 1.39. The Hall–Kier alpha value is -2.67. The van der Waals surface area contributed by atoms with Crippen LogP contribution in [0.5, 0.6) is 0 Å². The summed E-state index contributed by atoms with van der Waals surface area (Å²) in [5.41, 5.74) is 2.36. The van der Waals surface area contributed by atoms with Gasteiger partial charge < -0.3 is 19.2 Å². The van der Waals surface area contributed by atoms with E-state index in [4.69, 9.17) is 4.52 Å². The van der Waals surface area contributed by atoms with Gasteiger partial charge in [-0.25, -0.2) is 0 Å². The first kappa shape index (κ1) is 20.6. The maximum absolute atomic E-state index is 13.0. The van der Waals surface area contributed by atoms with Crippen molar-refractivity contribution >= 4 is 11.8 Å². The van der Waals surface area contributed by atoms with Gasteiger partial charge in [0.1, 0.15) is 0 Å². The number of piperazine rings is 1. The molecule has 2 aliphatic rings. The maximum Gasteiger partial charge on any atom is 0.276 e. The van der Waals surface area contributed by atoms with Crippen molar-refractivity contribution in [1.29, 1.82) is 0 Å². The second kappa shape index (κ2) is 9.00. The van der Waals surface area contributed by atoms with Gasteiger partial charge in [0.05, 0.1) is 5.92 Å². The standard InChI is InChI=1S/C23H30N4O3/c1-3-25-11-13-26(14-12-25)22(28)19-5-4-10-27(16-19)23(29)20-15-21(30-24-20)18-8-6-17(2)7-9-18/h6-9,15,19H,3-5,10-14,16H2,1-2H3. The third kappa shape index (κ3) is 4.41. The van der Waals surface area contributed by atoms with Gasteiger partial charge in [0, 0.05) is 50.9 Å². The number of rotatable bonds is 4. The highest BCUT2D eigenvalue weighted by atomic mass is 16.5. The molecule has 4 rings (SSSR count). The number of likely N-dealkylation sites (N-methyl/N-ethyl adjacent to an activating group) is 1. The van der Waals surface area contributed by atoms with Gasteiger partial charge in [0.15, 0.2) is 11.5 Å². The van der Waals surface area contributed by atoms with Crippen LogP contribution in [0.2, 0.25) is 0 Å². The highest BCUT2D eigenvalue weighted by Crippen LogP contribution is 2.24. The lowest BCUT2D eigenvalue weighted by Crippen LogP contribution is -2.53. The molecule has 0 radical (unpaired) electrons. The van der Waals surface area contributed by atoms with Gasteiger partial charge in [-0.2, -0.15) is 0 Å². The predicted octanol–water partition coefficient (Wildman–Crippen LogP) is 2.67. The van der Waals surface area contributed by atoms with E-state index in [1.54, 1.807) is 11.0 Å². The molecule has 1 atom stereocenters. The van der Waals surface area contributed by atoms with Crippen molar-refractivity contribution in [1.82, 2.24) is 19.9 Å². The van der Waals surface area contributed by atoms with E-state index >= 15 is 0 Å². The topological polar surface area (TPSA) is 69.9 Å². The number of hydrogen-bond acceptors (Lipinski definition) is 5. The van der Waals surface area contributed by atoms with E-state index < -0.39 is 0 Å². The molecule has 1 aromatic carbocycles. The third-order valence-corrected chi connectivity index (χ3v) is 6.25. The van der Waals surface area contributed by atoms with Crippen LogP contribution in [0.15, 0.2) is 34.9 Å². The summed E-state index contributed by atoms with van der Waals surface area (Å²) < 4.78 is 5.42. The number of amides is 2. The summed E-state index contributed by atoms with van der Waals surface area (Å²) in [6, 6.07) is 9.61. The number of aryl methyl sites for hydroxylation is 1. The summed E-state index contributed by atoms with van der Waals surface area (Å²) in [5, 5.41) is 4.00. The number of nitrogens with zero attached hydrogens (tertiary/aromatic N) is 4. The molecule has 0 bridgehead atoms. The number of carbonyl (C=O) groups excluding carboxylic acids is 2. The Kier molecular flexibility index (Phi) is 6.18. The summed E-state index contributed by atoms with van der Waals surface area (Å²) in [7, 11) is 0. The van der Waals surface area contributed by atoms with Crippen LogP contribution in [0, 0.1) is 12.8 Å². The number of benzene rings is 1. The van der Waals surface area contributed by atoms with Crippen LogP contribution in [-0.2, 0) is 4.79 Å². The number of likely N-dealkylation sites (tertiary alicyclic amines) is 1. The van der Waals surface area contributed by atoms with E-state index in [-0.39, 0.29) is 17.7 Å². The second-order valence-electron chi connectivity index (χ2n) is 8.29. The Morgan fingerprint density at radius 2 is 1.80 bits per heavy atom. The lowest BCUT2D eigenvalue weighted by molar-refractivity contribution is -0.138. The molecule has 0 spiro atoms. The van der Waals surface area contributed by atoms with Gasteiger partial charge in [-0.1, -0.05) is 41.9 Å². The van der Waals surface area contributed by atoms with Crippen molar-refractivity contribution in [3.63, 3.8) is 0 Å². The van der Waals surface area contributed by atoms with Gasteiger partial charge in [-0.05, 0) is 26.3 Å². The van der Waals surface area contributed by atoms with Crippen LogP contribution in [0.3, 0.4) is 0 Å². The molecule has 2 saturated heterocycles. The zero-order chi connectivity index (χ0) is 21.1. The first-order valence-electron chi connectivity index (χ1n) is 10.9. The summed E-state index contributed by atoms with van der Waals surface area (Å²) in [6.45, 7) is 9.72. The molecular formula is C23H30N4O3. The fourth-order valence-electron chi connectivity index (χ4n) is 4.30. The van der Waals surface area contributed by atoms with Gasteiger partial charge >= 0.3 is 0 Å². The van der Waals surface area contributed by atoms with E-state index in [0.717, 1.165) is 56.7 Å². The van der Waals surface area contributed by atoms with E-state index in [9.17, 15) is 9.59 Å². The molecule has 7 heteroatoms. The monoisotopic (exact) mass is 410 g/mol. The van der Waals surface area contributed by atoms with Crippen molar-refractivity contribution in [2.75, 3.05) is 45.8 Å². The van der Waals surface area contributed by atoms with Crippen LogP contribution in [0.4, 0.5) is 0 Å².